The first-order valence-corrected chi connectivity index (χ1v) is 11.5. The monoisotopic (exact) mass is 465 g/mol. The van der Waals surface area contributed by atoms with Gasteiger partial charge in [0.05, 0.1) is 17.0 Å². The van der Waals surface area contributed by atoms with Gasteiger partial charge in [0.25, 0.3) is 11.5 Å². The Morgan fingerprint density at radius 1 is 1.18 bits per heavy atom. The van der Waals surface area contributed by atoms with Gasteiger partial charge in [-0.2, -0.15) is 0 Å². The Bertz CT molecular complexity index is 1460. The molecule has 5 rings (SSSR count). The van der Waals surface area contributed by atoms with E-state index >= 15 is 0 Å². The quantitative estimate of drug-likeness (QED) is 0.439. The van der Waals surface area contributed by atoms with E-state index in [1.165, 1.54) is 40.2 Å². The van der Waals surface area contributed by atoms with Gasteiger partial charge in [-0.1, -0.05) is 24.3 Å². The first-order valence-electron chi connectivity index (χ1n) is 10.7. The average molecular weight is 466 g/mol. The lowest BCUT2D eigenvalue weighted by Crippen LogP contribution is -2.33. The van der Waals surface area contributed by atoms with Crippen LogP contribution < -0.4 is 10.9 Å². The summed E-state index contributed by atoms with van der Waals surface area (Å²) in [5.41, 5.74) is 0.705. The standard InChI is InChI=1S/C25H21F2N3O2S/c1-13-12-28-25(33-13)30-14(2)20(18-7-4-8-19(27)21(18)24(30)32)23(31)29-22(15-9-10-15)16-5-3-6-17(26)11-16/h3-8,11-12,15,22H,9-10H2,1-2H3,(H,29,31)/t22-/m0/s1. The number of hydrogen-bond acceptors (Lipinski definition) is 4. The third kappa shape index (κ3) is 3.84. The van der Waals surface area contributed by atoms with Crippen LogP contribution in [0, 0.1) is 31.4 Å². The van der Waals surface area contributed by atoms with Crippen LogP contribution in [0.4, 0.5) is 8.78 Å². The van der Waals surface area contributed by atoms with E-state index in [2.05, 4.69) is 10.3 Å². The van der Waals surface area contributed by atoms with Crippen molar-refractivity contribution in [1.29, 1.82) is 0 Å². The van der Waals surface area contributed by atoms with Crippen molar-refractivity contribution in [2.75, 3.05) is 0 Å². The topological polar surface area (TPSA) is 64.0 Å². The maximum absolute atomic E-state index is 14.8. The van der Waals surface area contributed by atoms with Gasteiger partial charge in [0.1, 0.15) is 11.6 Å². The number of fused-ring (bicyclic) bond motifs is 1. The number of carbonyl (C=O) groups excluding carboxylic acids is 1. The molecule has 0 bridgehead atoms. The highest BCUT2D eigenvalue weighted by atomic mass is 32.1. The molecule has 1 aliphatic carbocycles. The number of amides is 1. The second-order valence-corrected chi connectivity index (χ2v) is 9.57. The maximum Gasteiger partial charge on any atom is 0.268 e. The first kappa shape index (κ1) is 21.5. The molecule has 168 valence electrons. The number of benzene rings is 2. The van der Waals surface area contributed by atoms with Crippen molar-refractivity contribution in [3.8, 4) is 5.13 Å². The van der Waals surface area contributed by atoms with E-state index in [9.17, 15) is 18.4 Å². The van der Waals surface area contributed by atoms with Gasteiger partial charge in [0.15, 0.2) is 5.13 Å². The van der Waals surface area contributed by atoms with Crippen molar-refractivity contribution in [3.05, 3.63) is 92.3 Å². The van der Waals surface area contributed by atoms with E-state index in [4.69, 9.17) is 0 Å². The van der Waals surface area contributed by atoms with Crippen molar-refractivity contribution < 1.29 is 13.6 Å². The Hall–Kier alpha value is -3.39. The second kappa shape index (κ2) is 8.19. The van der Waals surface area contributed by atoms with Gasteiger partial charge in [0, 0.05) is 22.2 Å². The number of aryl methyl sites for hydroxylation is 1. The third-order valence-corrected chi connectivity index (χ3v) is 6.91. The van der Waals surface area contributed by atoms with Crippen molar-refractivity contribution >= 4 is 28.0 Å². The summed E-state index contributed by atoms with van der Waals surface area (Å²) in [6.45, 7) is 3.52. The summed E-state index contributed by atoms with van der Waals surface area (Å²) >= 11 is 1.29. The Kier molecular flexibility index (Phi) is 5.32. The van der Waals surface area contributed by atoms with Crippen molar-refractivity contribution in [2.45, 2.75) is 32.7 Å². The Morgan fingerprint density at radius 3 is 2.61 bits per heavy atom. The lowest BCUT2D eigenvalue weighted by molar-refractivity contribution is 0.0932. The smallest absolute Gasteiger partial charge is 0.268 e. The van der Waals surface area contributed by atoms with Crippen molar-refractivity contribution in [3.63, 3.8) is 0 Å². The molecule has 0 saturated heterocycles. The highest BCUT2D eigenvalue weighted by molar-refractivity contribution is 7.14. The predicted molar refractivity (Wildman–Crippen MR) is 124 cm³/mol. The van der Waals surface area contributed by atoms with E-state index in [0.29, 0.717) is 16.4 Å². The summed E-state index contributed by atoms with van der Waals surface area (Å²) in [7, 11) is 0. The van der Waals surface area contributed by atoms with Crippen LogP contribution in [-0.2, 0) is 0 Å². The van der Waals surface area contributed by atoms with Crippen LogP contribution in [0.25, 0.3) is 15.9 Å². The maximum atomic E-state index is 14.8. The highest BCUT2D eigenvalue weighted by Crippen LogP contribution is 2.41. The molecule has 33 heavy (non-hydrogen) atoms. The molecule has 0 radical (unpaired) electrons. The van der Waals surface area contributed by atoms with Crippen LogP contribution in [0.5, 0.6) is 0 Å². The number of halogens is 2. The molecule has 2 heterocycles. The molecule has 1 saturated carbocycles. The predicted octanol–water partition coefficient (Wildman–Crippen LogP) is 5.22. The minimum Gasteiger partial charge on any atom is -0.345 e. The van der Waals surface area contributed by atoms with Gasteiger partial charge < -0.3 is 5.32 Å². The highest BCUT2D eigenvalue weighted by Gasteiger charge is 2.35. The number of nitrogens with zero attached hydrogens (tertiary/aromatic N) is 2. The van der Waals surface area contributed by atoms with Crippen LogP contribution in [0.15, 0.2) is 53.5 Å². The number of pyridine rings is 1. The molecule has 8 heteroatoms. The minimum atomic E-state index is -0.697. The molecule has 1 amide bonds. The van der Waals surface area contributed by atoms with E-state index in [-0.39, 0.29) is 34.1 Å². The zero-order chi connectivity index (χ0) is 23.3. The number of carbonyl (C=O) groups is 1. The Morgan fingerprint density at radius 2 is 1.94 bits per heavy atom. The molecule has 2 aromatic carbocycles. The zero-order valence-corrected chi connectivity index (χ0v) is 18.9. The fourth-order valence-electron chi connectivity index (χ4n) is 4.30. The van der Waals surface area contributed by atoms with Gasteiger partial charge in [-0.15, -0.1) is 11.3 Å². The molecule has 1 N–H and O–H groups in total. The van der Waals surface area contributed by atoms with Gasteiger partial charge in [0.2, 0.25) is 0 Å². The number of hydrogen-bond donors (Lipinski definition) is 1. The fraction of sp³-hybridized carbons (Fsp3) is 0.240. The number of nitrogens with one attached hydrogen (secondary N) is 1. The van der Waals surface area contributed by atoms with Gasteiger partial charge in [-0.05, 0) is 56.4 Å². The SMILES string of the molecule is Cc1cnc(-n2c(C)c(C(=O)N[C@H](c3cccc(F)c3)C3CC3)c3cccc(F)c3c2=O)s1. The lowest BCUT2D eigenvalue weighted by Gasteiger charge is -2.21. The van der Waals surface area contributed by atoms with Gasteiger partial charge >= 0.3 is 0 Å². The Labute approximate surface area is 192 Å². The zero-order valence-electron chi connectivity index (χ0n) is 18.1. The largest absolute Gasteiger partial charge is 0.345 e. The van der Waals surface area contributed by atoms with Crippen LogP contribution >= 0.6 is 11.3 Å². The second-order valence-electron chi connectivity index (χ2n) is 8.36. The molecule has 0 unspecified atom stereocenters. The van der Waals surface area contributed by atoms with Crippen LogP contribution in [0.1, 0.15) is 45.4 Å². The van der Waals surface area contributed by atoms with Crippen molar-refractivity contribution in [1.82, 2.24) is 14.9 Å². The van der Waals surface area contributed by atoms with Gasteiger partial charge in [-0.3, -0.25) is 14.2 Å². The van der Waals surface area contributed by atoms with E-state index in [1.54, 1.807) is 31.3 Å². The third-order valence-electron chi connectivity index (χ3n) is 6.01. The molecular weight excluding hydrogens is 444 g/mol. The molecule has 0 aliphatic heterocycles. The van der Waals surface area contributed by atoms with Gasteiger partial charge in [-0.25, -0.2) is 13.8 Å². The summed E-state index contributed by atoms with van der Waals surface area (Å²) in [5.74, 6) is -1.31. The van der Waals surface area contributed by atoms with Crippen LogP contribution in [-0.4, -0.2) is 15.5 Å². The summed E-state index contributed by atoms with van der Waals surface area (Å²) in [5, 5.41) is 3.49. The van der Waals surface area contributed by atoms with Crippen molar-refractivity contribution in [2.24, 2.45) is 5.92 Å². The molecule has 1 atom stereocenters. The fourth-order valence-corrected chi connectivity index (χ4v) is 5.11. The number of thiazole rings is 1. The summed E-state index contributed by atoms with van der Waals surface area (Å²) in [6, 6.07) is 10.1. The molecule has 0 spiro atoms. The summed E-state index contributed by atoms with van der Waals surface area (Å²) in [4.78, 5) is 32.1. The lowest BCUT2D eigenvalue weighted by atomic mass is 9.99. The molecule has 1 fully saturated rings. The summed E-state index contributed by atoms with van der Waals surface area (Å²) < 4.78 is 30.0. The van der Waals surface area contributed by atoms with E-state index in [0.717, 1.165) is 17.7 Å². The molecule has 5 nitrogen and oxygen atoms in total. The molecular formula is C25H21F2N3O2S. The molecule has 2 aromatic heterocycles. The molecule has 4 aromatic rings. The average Bonchev–Trinajstić information content (AvgIpc) is 3.52. The number of aromatic nitrogens is 2. The molecule has 1 aliphatic rings. The van der Waals surface area contributed by atoms with Crippen LogP contribution in [0.2, 0.25) is 0 Å². The summed E-state index contributed by atoms with van der Waals surface area (Å²) in [6.07, 6.45) is 3.48. The van der Waals surface area contributed by atoms with Crippen LogP contribution in [0.3, 0.4) is 0 Å². The van der Waals surface area contributed by atoms with E-state index < -0.39 is 17.3 Å². The van der Waals surface area contributed by atoms with E-state index in [1.807, 2.05) is 6.92 Å². The normalized spacial score (nSPS) is 14.4. The minimum absolute atomic E-state index is 0.158. The first-order chi connectivity index (χ1) is 15.8. The Balaban J connectivity index is 1.68. The number of rotatable bonds is 5.